The van der Waals surface area contributed by atoms with E-state index in [9.17, 15) is 24.5 Å². The van der Waals surface area contributed by atoms with E-state index >= 15 is 0 Å². The van der Waals surface area contributed by atoms with Crippen LogP contribution in [0.2, 0.25) is 0 Å². The maximum absolute atomic E-state index is 12.6. The van der Waals surface area contributed by atoms with E-state index < -0.39 is 28.4 Å². The maximum Gasteiger partial charge on any atom is 0.311 e. The largest absolute Gasteiger partial charge is 0.426 e. The highest BCUT2D eigenvalue weighted by Gasteiger charge is 2.40. The molecule has 0 unspecified atom stereocenters. The number of carbonyl (C=O) groups is 3. The fourth-order valence-electron chi connectivity index (χ4n) is 3.78. The molecule has 3 aromatic rings. The van der Waals surface area contributed by atoms with Crippen molar-refractivity contribution in [2.75, 3.05) is 11.9 Å². The van der Waals surface area contributed by atoms with Crippen LogP contribution in [0.4, 0.5) is 17.3 Å². The Bertz CT molecular complexity index is 1340. The van der Waals surface area contributed by atoms with E-state index in [0.29, 0.717) is 17.4 Å². The number of nitro benzene ring substituents is 1. The Hall–Kier alpha value is -4.67. The molecule has 0 saturated heterocycles. The molecule has 0 atom stereocenters. The van der Waals surface area contributed by atoms with Gasteiger partial charge in [0.1, 0.15) is 11.3 Å². The van der Waals surface area contributed by atoms with Gasteiger partial charge in [0, 0.05) is 42.2 Å². The van der Waals surface area contributed by atoms with Crippen LogP contribution in [0.5, 0.6) is 5.75 Å². The van der Waals surface area contributed by atoms with Gasteiger partial charge in [-0.15, -0.1) is 0 Å². The summed E-state index contributed by atoms with van der Waals surface area (Å²) >= 11 is 0. The molecule has 0 aliphatic carbocycles. The Labute approximate surface area is 199 Å². The van der Waals surface area contributed by atoms with E-state index in [1.54, 1.807) is 24.3 Å². The quantitative estimate of drug-likeness (QED) is 0.169. The summed E-state index contributed by atoms with van der Waals surface area (Å²) in [4.78, 5) is 57.5. The Balaban J connectivity index is 1.33. The number of carbonyl (C=O) groups excluding carboxylic acids is 3. The third-order valence-corrected chi connectivity index (χ3v) is 5.24. The fourth-order valence-corrected chi connectivity index (χ4v) is 3.78. The van der Waals surface area contributed by atoms with Gasteiger partial charge in [0.25, 0.3) is 17.5 Å². The van der Waals surface area contributed by atoms with Crippen LogP contribution in [0.25, 0.3) is 0 Å². The van der Waals surface area contributed by atoms with Gasteiger partial charge in [-0.1, -0.05) is 12.1 Å². The number of esters is 1. The standard InChI is InChI=1S/C24H21N5O6/c1-14-12-15(2)26-24(25-14)27-16-6-3-7-17(13-16)35-20(30)10-5-11-28-22(31)18-8-4-9-19(29(33)34)21(18)23(28)32/h3-4,6-9,12-13H,5,10-11H2,1-2H3,(H,25,26,27). The first-order chi connectivity index (χ1) is 16.7. The van der Waals surface area contributed by atoms with E-state index in [4.69, 9.17) is 4.74 Å². The summed E-state index contributed by atoms with van der Waals surface area (Å²) in [5.41, 5.74) is 1.62. The molecule has 0 radical (unpaired) electrons. The number of aryl methyl sites for hydroxylation is 2. The summed E-state index contributed by atoms with van der Waals surface area (Å²) < 4.78 is 5.37. The van der Waals surface area contributed by atoms with Crippen molar-refractivity contribution >= 4 is 35.1 Å². The van der Waals surface area contributed by atoms with Crippen LogP contribution in [-0.2, 0) is 4.79 Å². The first-order valence-corrected chi connectivity index (χ1v) is 10.8. The molecule has 0 saturated carbocycles. The summed E-state index contributed by atoms with van der Waals surface area (Å²) in [5, 5.41) is 14.3. The molecule has 0 bridgehead atoms. The minimum absolute atomic E-state index is 0.0103. The Morgan fingerprint density at radius 2 is 1.77 bits per heavy atom. The van der Waals surface area contributed by atoms with Crippen molar-refractivity contribution in [1.29, 1.82) is 0 Å². The second-order valence-electron chi connectivity index (χ2n) is 7.92. The monoisotopic (exact) mass is 475 g/mol. The van der Waals surface area contributed by atoms with Gasteiger partial charge in [-0.2, -0.15) is 0 Å². The van der Waals surface area contributed by atoms with E-state index in [1.165, 1.54) is 18.2 Å². The maximum atomic E-state index is 12.6. The zero-order valence-corrected chi connectivity index (χ0v) is 19.0. The van der Waals surface area contributed by atoms with Gasteiger partial charge in [-0.3, -0.25) is 29.4 Å². The van der Waals surface area contributed by atoms with E-state index in [2.05, 4.69) is 15.3 Å². The lowest BCUT2D eigenvalue weighted by atomic mass is 10.1. The number of amides is 2. The van der Waals surface area contributed by atoms with E-state index in [1.807, 2.05) is 19.9 Å². The van der Waals surface area contributed by atoms with Gasteiger partial charge in [0.05, 0.1) is 10.5 Å². The van der Waals surface area contributed by atoms with Crippen molar-refractivity contribution in [3.63, 3.8) is 0 Å². The number of rotatable bonds is 8. The summed E-state index contributed by atoms with van der Waals surface area (Å²) in [6, 6.07) is 12.5. The number of fused-ring (bicyclic) bond motifs is 1. The minimum atomic E-state index is -0.738. The number of benzene rings is 2. The average Bonchev–Trinajstić information content (AvgIpc) is 3.03. The molecule has 1 aliphatic heterocycles. The Kier molecular flexibility index (Phi) is 6.49. The van der Waals surface area contributed by atoms with Crippen molar-refractivity contribution < 1.29 is 24.0 Å². The van der Waals surface area contributed by atoms with Crippen LogP contribution in [-0.4, -0.2) is 44.1 Å². The van der Waals surface area contributed by atoms with Gasteiger partial charge in [0.2, 0.25) is 5.95 Å². The number of nitro groups is 1. The number of hydrogen-bond acceptors (Lipinski definition) is 9. The predicted molar refractivity (Wildman–Crippen MR) is 125 cm³/mol. The van der Waals surface area contributed by atoms with Crippen LogP contribution in [0.3, 0.4) is 0 Å². The molecular weight excluding hydrogens is 454 g/mol. The number of anilines is 2. The van der Waals surface area contributed by atoms with Crippen molar-refractivity contribution in [2.24, 2.45) is 0 Å². The normalized spacial score (nSPS) is 12.5. The predicted octanol–water partition coefficient (Wildman–Crippen LogP) is 3.73. The lowest BCUT2D eigenvalue weighted by Gasteiger charge is -2.13. The van der Waals surface area contributed by atoms with Gasteiger partial charge in [0.15, 0.2) is 0 Å². The molecule has 0 spiro atoms. The molecular formula is C24H21N5O6. The zero-order valence-electron chi connectivity index (χ0n) is 19.0. The molecule has 178 valence electrons. The number of hydrogen-bond donors (Lipinski definition) is 1. The van der Waals surface area contributed by atoms with Crippen LogP contribution in [0.1, 0.15) is 44.9 Å². The molecule has 1 N–H and O–H groups in total. The summed E-state index contributed by atoms with van der Waals surface area (Å²) in [6.45, 7) is 3.66. The van der Waals surface area contributed by atoms with Gasteiger partial charge in [-0.25, -0.2) is 9.97 Å². The molecule has 11 heteroatoms. The molecule has 35 heavy (non-hydrogen) atoms. The summed E-state index contributed by atoms with van der Waals surface area (Å²) in [6.07, 6.45) is 0.0831. The lowest BCUT2D eigenvalue weighted by Crippen LogP contribution is -2.31. The van der Waals surface area contributed by atoms with Gasteiger partial charge >= 0.3 is 5.97 Å². The topological polar surface area (TPSA) is 145 Å². The first kappa shape index (κ1) is 23.5. The minimum Gasteiger partial charge on any atom is -0.426 e. The number of nitrogens with zero attached hydrogens (tertiary/aromatic N) is 4. The summed E-state index contributed by atoms with van der Waals surface area (Å²) in [5.74, 6) is -1.17. The molecule has 2 heterocycles. The number of nitrogens with one attached hydrogen (secondary N) is 1. The van der Waals surface area contributed by atoms with Gasteiger partial charge in [-0.05, 0) is 44.5 Å². The molecule has 0 fully saturated rings. The molecule has 2 amide bonds. The second kappa shape index (κ2) is 9.67. The molecule has 1 aromatic heterocycles. The third-order valence-electron chi connectivity index (χ3n) is 5.24. The molecule has 1 aliphatic rings. The third kappa shape index (κ3) is 5.13. The Morgan fingerprint density at radius 3 is 2.49 bits per heavy atom. The number of ether oxygens (including phenoxy) is 1. The molecule has 2 aromatic carbocycles. The molecule has 4 rings (SSSR count). The van der Waals surface area contributed by atoms with Crippen molar-refractivity contribution in [2.45, 2.75) is 26.7 Å². The zero-order chi connectivity index (χ0) is 25.1. The van der Waals surface area contributed by atoms with E-state index in [0.717, 1.165) is 16.3 Å². The number of aromatic nitrogens is 2. The SMILES string of the molecule is Cc1cc(C)nc(Nc2cccc(OC(=O)CCCN3C(=O)c4cccc([N+](=O)[O-])c4C3=O)c2)n1. The summed E-state index contributed by atoms with van der Waals surface area (Å²) in [7, 11) is 0. The molecule has 11 nitrogen and oxygen atoms in total. The van der Waals surface area contributed by atoms with E-state index in [-0.39, 0.29) is 30.5 Å². The van der Waals surface area contributed by atoms with Crippen LogP contribution in [0, 0.1) is 24.0 Å². The highest BCUT2D eigenvalue weighted by Crippen LogP contribution is 2.31. The fraction of sp³-hybridized carbons (Fsp3) is 0.208. The van der Waals surface area contributed by atoms with Crippen molar-refractivity contribution in [3.8, 4) is 5.75 Å². The van der Waals surface area contributed by atoms with Crippen LogP contribution >= 0.6 is 0 Å². The number of imide groups is 1. The Morgan fingerprint density at radius 1 is 1.06 bits per heavy atom. The highest BCUT2D eigenvalue weighted by molar-refractivity contribution is 6.23. The van der Waals surface area contributed by atoms with Crippen LogP contribution < -0.4 is 10.1 Å². The lowest BCUT2D eigenvalue weighted by molar-refractivity contribution is -0.385. The van der Waals surface area contributed by atoms with Crippen molar-refractivity contribution in [3.05, 3.63) is 81.2 Å². The van der Waals surface area contributed by atoms with Crippen LogP contribution in [0.15, 0.2) is 48.5 Å². The average molecular weight is 475 g/mol. The highest BCUT2D eigenvalue weighted by atomic mass is 16.6. The van der Waals surface area contributed by atoms with Gasteiger partial charge < -0.3 is 10.1 Å². The van der Waals surface area contributed by atoms with Crippen molar-refractivity contribution in [1.82, 2.24) is 14.9 Å². The second-order valence-corrected chi connectivity index (χ2v) is 7.92. The first-order valence-electron chi connectivity index (χ1n) is 10.8. The smallest absolute Gasteiger partial charge is 0.311 e.